The zero-order valence-electron chi connectivity index (χ0n) is 9.92. The lowest BCUT2D eigenvalue weighted by Gasteiger charge is -2.32. The molecule has 1 rings (SSSR count). The summed E-state index contributed by atoms with van der Waals surface area (Å²) in [6.45, 7) is 0. The summed E-state index contributed by atoms with van der Waals surface area (Å²) in [5.41, 5.74) is -3.33. The van der Waals surface area contributed by atoms with E-state index in [-0.39, 0.29) is 10.8 Å². The molecule has 1 aromatic heterocycles. The largest absolute Gasteiger partial charge is 0.465 e. The molecule has 1 atom stereocenters. The van der Waals surface area contributed by atoms with E-state index in [4.69, 9.17) is 11.6 Å². The van der Waals surface area contributed by atoms with E-state index in [2.05, 4.69) is 14.5 Å². The molecule has 0 aliphatic carbocycles. The van der Waals surface area contributed by atoms with Crippen LogP contribution in [0.15, 0.2) is 18.3 Å². The molecular weight excluding hydrogens is 289 g/mol. The molecule has 19 heavy (non-hydrogen) atoms. The number of pyridine rings is 1. The summed E-state index contributed by atoms with van der Waals surface area (Å²) in [5.74, 6) is -1.88. The van der Waals surface area contributed by atoms with Gasteiger partial charge in [0.1, 0.15) is 5.82 Å². The number of alkyl halides is 3. The first-order valence-electron chi connectivity index (χ1n) is 4.87. The number of nitrogens with one attached hydrogen (secondary N) is 1. The highest BCUT2D eigenvalue weighted by Gasteiger charge is 2.63. The van der Waals surface area contributed by atoms with E-state index < -0.39 is 17.9 Å². The average molecular weight is 299 g/mol. The lowest BCUT2D eigenvalue weighted by atomic mass is 10.2. The van der Waals surface area contributed by atoms with Gasteiger partial charge in [-0.3, -0.25) is 0 Å². The number of ether oxygens (including phenoxy) is 2. The van der Waals surface area contributed by atoms with Crippen LogP contribution in [0.3, 0.4) is 0 Å². The van der Waals surface area contributed by atoms with Gasteiger partial charge >= 0.3 is 17.9 Å². The van der Waals surface area contributed by atoms with E-state index in [9.17, 15) is 18.0 Å². The molecule has 0 unspecified atom stereocenters. The van der Waals surface area contributed by atoms with Gasteiger partial charge in [-0.15, -0.1) is 0 Å². The number of carbonyl (C=O) groups excluding carboxylic acids is 1. The lowest BCUT2D eigenvalue weighted by molar-refractivity contribution is -0.259. The standard InChI is InChI=1S/C10H10ClF3N2O3/c1-18-8(17)9(19-2,10(12,13)14)16-7-4-3-6(11)5-15-7/h3-5H,1-2H3,(H,15,16)/t9-/m1/s1. The summed E-state index contributed by atoms with van der Waals surface area (Å²) in [4.78, 5) is 15.0. The Morgan fingerprint density at radius 2 is 2.00 bits per heavy atom. The highest BCUT2D eigenvalue weighted by molar-refractivity contribution is 6.30. The Hall–Kier alpha value is -1.54. The molecule has 0 amide bonds. The molecule has 0 aliphatic rings. The van der Waals surface area contributed by atoms with Gasteiger partial charge in [-0.1, -0.05) is 11.6 Å². The number of methoxy groups -OCH3 is 2. The minimum atomic E-state index is -5.05. The van der Waals surface area contributed by atoms with Gasteiger partial charge in [-0.25, -0.2) is 9.78 Å². The number of anilines is 1. The number of carbonyl (C=O) groups is 1. The van der Waals surface area contributed by atoms with Crippen LogP contribution in [-0.2, 0) is 14.3 Å². The Kier molecular flexibility index (Phi) is 4.59. The van der Waals surface area contributed by atoms with E-state index in [1.54, 1.807) is 0 Å². The number of rotatable bonds is 4. The van der Waals surface area contributed by atoms with Crippen molar-refractivity contribution in [1.82, 2.24) is 4.98 Å². The second-order valence-electron chi connectivity index (χ2n) is 3.36. The van der Waals surface area contributed by atoms with Gasteiger partial charge in [0.2, 0.25) is 0 Å². The normalized spacial score (nSPS) is 14.6. The highest BCUT2D eigenvalue weighted by atomic mass is 35.5. The molecule has 9 heteroatoms. The molecule has 1 aromatic rings. The fourth-order valence-electron chi connectivity index (χ4n) is 1.26. The molecule has 1 N–H and O–H groups in total. The van der Waals surface area contributed by atoms with Crippen molar-refractivity contribution in [3.8, 4) is 0 Å². The average Bonchev–Trinajstić information content (AvgIpc) is 2.36. The fraction of sp³-hybridized carbons (Fsp3) is 0.400. The minimum Gasteiger partial charge on any atom is -0.465 e. The summed E-state index contributed by atoms with van der Waals surface area (Å²) >= 11 is 5.56. The monoisotopic (exact) mass is 298 g/mol. The van der Waals surface area contributed by atoms with Gasteiger partial charge < -0.3 is 14.8 Å². The molecule has 0 aromatic carbocycles. The van der Waals surface area contributed by atoms with Crippen LogP contribution >= 0.6 is 11.6 Å². The fourth-order valence-corrected chi connectivity index (χ4v) is 1.37. The van der Waals surface area contributed by atoms with Gasteiger partial charge in [0.25, 0.3) is 0 Å². The predicted molar refractivity (Wildman–Crippen MR) is 60.7 cm³/mol. The third kappa shape index (κ3) is 3.07. The number of hydrogen-bond acceptors (Lipinski definition) is 5. The van der Waals surface area contributed by atoms with Crippen molar-refractivity contribution in [2.45, 2.75) is 11.9 Å². The quantitative estimate of drug-likeness (QED) is 0.682. The van der Waals surface area contributed by atoms with E-state index >= 15 is 0 Å². The first kappa shape index (κ1) is 15.5. The van der Waals surface area contributed by atoms with Gasteiger partial charge in [0.15, 0.2) is 0 Å². The van der Waals surface area contributed by atoms with Crippen molar-refractivity contribution < 1.29 is 27.4 Å². The molecule has 0 radical (unpaired) electrons. The lowest BCUT2D eigenvalue weighted by Crippen LogP contribution is -2.60. The van der Waals surface area contributed by atoms with E-state index in [1.165, 1.54) is 12.1 Å². The van der Waals surface area contributed by atoms with Crippen LogP contribution < -0.4 is 5.32 Å². The predicted octanol–water partition coefficient (Wildman–Crippen LogP) is 2.22. The molecule has 5 nitrogen and oxygen atoms in total. The third-order valence-electron chi connectivity index (χ3n) is 2.21. The van der Waals surface area contributed by atoms with E-state index in [0.717, 1.165) is 20.4 Å². The highest BCUT2D eigenvalue weighted by Crippen LogP contribution is 2.35. The molecule has 1 heterocycles. The Balaban J connectivity index is 3.17. The topological polar surface area (TPSA) is 60.5 Å². The third-order valence-corrected chi connectivity index (χ3v) is 2.43. The molecule has 106 valence electrons. The molecule has 0 bridgehead atoms. The second-order valence-corrected chi connectivity index (χ2v) is 3.80. The molecule has 0 saturated carbocycles. The van der Waals surface area contributed by atoms with Crippen molar-refractivity contribution in [3.63, 3.8) is 0 Å². The number of halogens is 4. The zero-order chi connectivity index (χ0) is 14.7. The number of nitrogens with zero attached hydrogens (tertiary/aromatic N) is 1. The molecule has 0 fully saturated rings. The van der Waals surface area contributed by atoms with Gasteiger partial charge in [-0.05, 0) is 12.1 Å². The van der Waals surface area contributed by atoms with Crippen molar-refractivity contribution in [1.29, 1.82) is 0 Å². The Labute approximate surface area is 111 Å². The summed E-state index contributed by atoms with van der Waals surface area (Å²) in [6, 6.07) is 2.48. The number of aromatic nitrogens is 1. The summed E-state index contributed by atoms with van der Waals surface area (Å²) in [7, 11) is 1.55. The van der Waals surface area contributed by atoms with E-state index in [1.807, 2.05) is 5.32 Å². The Morgan fingerprint density at radius 1 is 1.37 bits per heavy atom. The maximum Gasteiger partial charge on any atom is 0.448 e. The summed E-state index contributed by atoms with van der Waals surface area (Å²) in [5, 5.41) is 2.10. The van der Waals surface area contributed by atoms with Crippen LogP contribution in [0.2, 0.25) is 5.02 Å². The number of esters is 1. The molecule has 0 aliphatic heterocycles. The Morgan fingerprint density at radius 3 is 2.37 bits per heavy atom. The first-order chi connectivity index (χ1) is 8.76. The van der Waals surface area contributed by atoms with Crippen molar-refractivity contribution in [3.05, 3.63) is 23.4 Å². The van der Waals surface area contributed by atoms with Crippen molar-refractivity contribution in [2.24, 2.45) is 0 Å². The van der Waals surface area contributed by atoms with Gasteiger partial charge in [-0.2, -0.15) is 13.2 Å². The SMILES string of the molecule is COC(=O)[C@@](Nc1ccc(Cl)cn1)(OC)C(F)(F)F. The van der Waals surface area contributed by atoms with Crippen LogP contribution in [0.4, 0.5) is 19.0 Å². The first-order valence-corrected chi connectivity index (χ1v) is 5.24. The second kappa shape index (κ2) is 5.62. The molecule has 0 saturated heterocycles. The van der Waals surface area contributed by atoms with Crippen LogP contribution in [0.25, 0.3) is 0 Å². The Bertz CT molecular complexity index is 452. The van der Waals surface area contributed by atoms with Gasteiger partial charge in [0, 0.05) is 13.3 Å². The van der Waals surface area contributed by atoms with Crippen LogP contribution in [0.5, 0.6) is 0 Å². The van der Waals surface area contributed by atoms with Crippen LogP contribution in [0.1, 0.15) is 0 Å². The summed E-state index contributed by atoms with van der Waals surface area (Å²) in [6.07, 6.45) is -3.92. The summed E-state index contributed by atoms with van der Waals surface area (Å²) < 4.78 is 47.5. The smallest absolute Gasteiger partial charge is 0.448 e. The van der Waals surface area contributed by atoms with E-state index in [0.29, 0.717) is 0 Å². The number of hydrogen-bond donors (Lipinski definition) is 1. The minimum absolute atomic E-state index is 0.235. The molecule has 0 spiro atoms. The van der Waals surface area contributed by atoms with Crippen LogP contribution in [0, 0.1) is 0 Å². The maximum atomic E-state index is 13.0. The van der Waals surface area contributed by atoms with Crippen molar-refractivity contribution >= 4 is 23.4 Å². The van der Waals surface area contributed by atoms with Crippen molar-refractivity contribution in [2.75, 3.05) is 19.5 Å². The van der Waals surface area contributed by atoms with Gasteiger partial charge in [0.05, 0.1) is 12.1 Å². The molecular formula is C10H10ClF3N2O3. The maximum absolute atomic E-state index is 13.0. The zero-order valence-corrected chi connectivity index (χ0v) is 10.7. The van der Waals surface area contributed by atoms with Crippen LogP contribution in [-0.4, -0.2) is 37.1 Å².